The van der Waals surface area contributed by atoms with Gasteiger partial charge in [-0.15, -0.1) is 0 Å². The van der Waals surface area contributed by atoms with E-state index < -0.39 is 0 Å². The van der Waals surface area contributed by atoms with Gasteiger partial charge in [0.2, 0.25) is 0 Å². The average Bonchev–Trinajstić information content (AvgIpc) is 2.27. The number of nitrogens with zero attached hydrogens (tertiary/aromatic N) is 1. The lowest BCUT2D eigenvalue weighted by atomic mass is 10.1. The number of carbonyl (C=O) groups is 1. The summed E-state index contributed by atoms with van der Waals surface area (Å²) < 4.78 is 18.9. The number of ether oxygens (including phenoxy) is 1. The topological polar surface area (TPSA) is 29.5 Å². The van der Waals surface area contributed by atoms with E-state index in [1.54, 1.807) is 6.07 Å². The molecule has 0 amide bonds. The van der Waals surface area contributed by atoms with Crippen molar-refractivity contribution < 1.29 is 13.9 Å². The SMILES string of the molecule is CC(=O)c1cc(F)ccc1N1C[C@@H](C)O[C@@H](C)C1. The molecule has 0 bridgehead atoms. The molecule has 1 fully saturated rings. The quantitative estimate of drug-likeness (QED) is 0.757. The van der Waals surface area contributed by atoms with Gasteiger partial charge in [0.25, 0.3) is 0 Å². The molecule has 0 saturated carbocycles. The van der Waals surface area contributed by atoms with Gasteiger partial charge in [-0.25, -0.2) is 4.39 Å². The number of morpholine rings is 1. The highest BCUT2D eigenvalue weighted by atomic mass is 19.1. The molecule has 1 saturated heterocycles. The van der Waals surface area contributed by atoms with Crippen molar-refractivity contribution in [3.8, 4) is 0 Å². The summed E-state index contributed by atoms with van der Waals surface area (Å²) in [6, 6.07) is 4.38. The lowest BCUT2D eigenvalue weighted by Gasteiger charge is -2.37. The third-order valence-corrected chi connectivity index (χ3v) is 3.10. The second-order valence-corrected chi connectivity index (χ2v) is 4.88. The van der Waals surface area contributed by atoms with Crippen molar-refractivity contribution in [2.45, 2.75) is 33.0 Å². The average molecular weight is 251 g/mol. The zero-order valence-electron chi connectivity index (χ0n) is 10.9. The summed E-state index contributed by atoms with van der Waals surface area (Å²) in [5, 5.41) is 0. The fraction of sp³-hybridized carbons (Fsp3) is 0.500. The summed E-state index contributed by atoms with van der Waals surface area (Å²) in [6.07, 6.45) is 0.220. The molecule has 1 aromatic rings. The number of rotatable bonds is 2. The highest BCUT2D eigenvalue weighted by molar-refractivity contribution is 5.99. The molecule has 0 radical (unpaired) electrons. The summed E-state index contributed by atoms with van der Waals surface area (Å²) in [7, 11) is 0. The fourth-order valence-electron chi connectivity index (χ4n) is 2.44. The van der Waals surface area contributed by atoms with Gasteiger partial charge in [-0.3, -0.25) is 4.79 Å². The smallest absolute Gasteiger partial charge is 0.161 e. The summed E-state index contributed by atoms with van der Waals surface area (Å²) in [4.78, 5) is 13.7. The Balaban J connectivity index is 2.35. The molecule has 18 heavy (non-hydrogen) atoms. The molecule has 0 aliphatic carbocycles. The van der Waals surface area contributed by atoms with Crippen molar-refractivity contribution in [3.05, 3.63) is 29.6 Å². The maximum Gasteiger partial charge on any atom is 0.161 e. The molecule has 1 aromatic carbocycles. The zero-order valence-corrected chi connectivity index (χ0v) is 10.9. The largest absolute Gasteiger partial charge is 0.372 e. The minimum absolute atomic E-state index is 0.110. The molecule has 0 aromatic heterocycles. The number of halogens is 1. The van der Waals surface area contributed by atoms with E-state index in [1.807, 2.05) is 13.8 Å². The number of Topliss-reactive ketones (excluding diaryl/α,β-unsaturated/α-hetero) is 1. The number of carbonyl (C=O) groups excluding carboxylic acids is 1. The molecular weight excluding hydrogens is 233 g/mol. The van der Waals surface area contributed by atoms with Crippen molar-refractivity contribution >= 4 is 11.5 Å². The molecule has 3 nitrogen and oxygen atoms in total. The number of anilines is 1. The first-order chi connectivity index (χ1) is 8.47. The first-order valence-corrected chi connectivity index (χ1v) is 6.18. The van der Waals surface area contributed by atoms with Gasteiger partial charge >= 0.3 is 0 Å². The molecule has 2 atom stereocenters. The van der Waals surface area contributed by atoms with Gasteiger partial charge in [0.05, 0.1) is 12.2 Å². The van der Waals surface area contributed by atoms with Gasteiger partial charge in [-0.2, -0.15) is 0 Å². The van der Waals surface area contributed by atoms with Crippen molar-refractivity contribution in [2.75, 3.05) is 18.0 Å². The molecule has 0 N–H and O–H groups in total. The van der Waals surface area contributed by atoms with Crippen LogP contribution in [0.1, 0.15) is 31.1 Å². The second kappa shape index (κ2) is 5.06. The van der Waals surface area contributed by atoms with E-state index in [0.717, 1.165) is 18.8 Å². The van der Waals surface area contributed by atoms with Crippen LogP contribution in [0.3, 0.4) is 0 Å². The Bertz CT molecular complexity index is 451. The molecule has 1 heterocycles. The molecule has 1 aliphatic rings. The Morgan fingerprint density at radius 2 is 1.94 bits per heavy atom. The normalized spacial score (nSPS) is 24.1. The molecule has 4 heteroatoms. The van der Waals surface area contributed by atoms with E-state index >= 15 is 0 Å². The maximum absolute atomic E-state index is 13.2. The van der Waals surface area contributed by atoms with Crippen LogP contribution in [0, 0.1) is 5.82 Å². The Morgan fingerprint density at radius 1 is 1.33 bits per heavy atom. The Hall–Kier alpha value is -1.42. The van der Waals surface area contributed by atoms with Gasteiger partial charge in [-0.05, 0) is 39.0 Å². The van der Waals surface area contributed by atoms with Crippen LogP contribution in [0.4, 0.5) is 10.1 Å². The van der Waals surface area contributed by atoms with Crippen LogP contribution >= 0.6 is 0 Å². The summed E-state index contributed by atoms with van der Waals surface area (Å²) in [6.45, 7) is 6.90. The van der Waals surface area contributed by atoms with Gasteiger partial charge in [-0.1, -0.05) is 0 Å². The highest BCUT2D eigenvalue weighted by Gasteiger charge is 2.24. The van der Waals surface area contributed by atoms with E-state index in [1.165, 1.54) is 19.1 Å². The van der Waals surface area contributed by atoms with Crippen LogP contribution in [0.25, 0.3) is 0 Å². The number of ketones is 1. The standard InChI is InChI=1S/C14H18FNO2/c1-9-7-16(8-10(2)18-9)14-5-4-12(15)6-13(14)11(3)17/h4-6,9-10H,7-8H2,1-3H3/t9-,10+. The number of hydrogen-bond donors (Lipinski definition) is 0. The molecule has 98 valence electrons. The molecule has 0 unspecified atom stereocenters. The number of benzene rings is 1. The Labute approximate surface area is 107 Å². The zero-order chi connectivity index (χ0) is 13.3. The van der Waals surface area contributed by atoms with Crippen molar-refractivity contribution in [1.29, 1.82) is 0 Å². The van der Waals surface area contributed by atoms with Gasteiger partial charge in [0, 0.05) is 24.3 Å². The number of hydrogen-bond acceptors (Lipinski definition) is 3. The predicted molar refractivity (Wildman–Crippen MR) is 68.6 cm³/mol. The van der Waals surface area contributed by atoms with Gasteiger partial charge < -0.3 is 9.64 Å². The highest BCUT2D eigenvalue weighted by Crippen LogP contribution is 2.25. The van der Waals surface area contributed by atoms with Crippen molar-refractivity contribution in [1.82, 2.24) is 0 Å². The minimum atomic E-state index is -0.377. The maximum atomic E-state index is 13.2. The Morgan fingerprint density at radius 3 is 2.50 bits per heavy atom. The first kappa shape index (κ1) is 13.0. The fourth-order valence-corrected chi connectivity index (χ4v) is 2.44. The second-order valence-electron chi connectivity index (χ2n) is 4.88. The lowest BCUT2D eigenvalue weighted by Crippen LogP contribution is -2.46. The Kier molecular flexibility index (Phi) is 3.66. The third-order valence-electron chi connectivity index (χ3n) is 3.10. The van der Waals surface area contributed by atoms with Crippen molar-refractivity contribution in [3.63, 3.8) is 0 Å². The van der Waals surface area contributed by atoms with Crippen LogP contribution in [0.5, 0.6) is 0 Å². The van der Waals surface area contributed by atoms with E-state index in [-0.39, 0.29) is 23.8 Å². The molecule has 0 spiro atoms. The van der Waals surface area contributed by atoms with Gasteiger partial charge in [0.15, 0.2) is 5.78 Å². The van der Waals surface area contributed by atoms with E-state index in [2.05, 4.69) is 4.90 Å². The monoisotopic (exact) mass is 251 g/mol. The van der Waals surface area contributed by atoms with Crippen LogP contribution in [-0.2, 0) is 4.74 Å². The first-order valence-electron chi connectivity index (χ1n) is 6.18. The third kappa shape index (κ3) is 2.70. The lowest BCUT2D eigenvalue weighted by molar-refractivity contribution is -0.00526. The minimum Gasteiger partial charge on any atom is -0.372 e. The predicted octanol–water partition coefficient (Wildman–Crippen LogP) is 2.64. The van der Waals surface area contributed by atoms with Crippen LogP contribution in [0.2, 0.25) is 0 Å². The molecular formula is C14H18FNO2. The molecule has 1 aliphatic heterocycles. The summed E-state index contributed by atoms with van der Waals surface area (Å²) >= 11 is 0. The summed E-state index contributed by atoms with van der Waals surface area (Å²) in [5.41, 5.74) is 1.24. The molecule has 2 rings (SSSR count). The summed E-state index contributed by atoms with van der Waals surface area (Å²) in [5.74, 6) is -0.491. The van der Waals surface area contributed by atoms with E-state index in [0.29, 0.717) is 5.56 Å². The van der Waals surface area contributed by atoms with Crippen LogP contribution in [0.15, 0.2) is 18.2 Å². The van der Waals surface area contributed by atoms with E-state index in [4.69, 9.17) is 4.74 Å². The van der Waals surface area contributed by atoms with Crippen LogP contribution < -0.4 is 4.90 Å². The van der Waals surface area contributed by atoms with Gasteiger partial charge in [0.1, 0.15) is 5.82 Å². The van der Waals surface area contributed by atoms with Crippen LogP contribution in [-0.4, -0.2) is 31.1 Å². The van der Waals surface area contributed by atoms with Crippen molar-refractivity contribution in [2.24, 2.45) is 0 Å². The van der Waals surface area contributed by atoms with E-state index in [9.17, 15) is 9.18 Å².